The zero-order valence-electron chi connectivity index (χ0n) is 11.2. The van der Waals surface area contributed by atoms with Gasteiger partial charge in [0.1, 0.15) is 0 Å². The number of hydrogen-bond donors (Lipinski definition) is 0. The summed E-state index contributed by atoms with van der Waals surface area (Å²) in [4.78, 5) is 24.4. The van der Waals surface area contributed by atoms with Crippen LogP contribution in [0, 0.1) is 0 Å². The number of aromatic nitrogens is 1. The topological polar surface area (TPSA) is 39.1 Å². The van der Waals surface area contributed by atoms with Gasteiger partial charge in [-0.2, -0.15) is 0 Å². The predicted octanol–water partition coefficient (Wildman–Crippen LogP) is 3.53. The van der Waals surface area contributed by atoms with Crippen LogP contribution in [-0.4, -0.2) is 10.4 Å². The highest BCUT2D eigenvalue weighted by atomic mass is 35.5. The first-order valence-corrected chi connectivity index (χ1v) is 7.51. The van der Waals surface area contributed by atoms with Crippen molar-refractivity contribution in [1.82, 2.24) is 4.57 Å². The van der Waals surface area contributed by atoms with Crippen LogP contribution in [0.25, 0.3) is 0 Å². The molecule has 0 bridgehead atoms. The minimum Gasteiger partial charge on any atom is -0.305 e. The van der Waals surface area contributed by atoms with E-state index in [0.717, 1.165) is 30.5 Å². The molecule has 2 aromatic rings. The standard InChI is InChI=1S/C16H13Cl2NO2/c17-12-6-4-11(8-13(12)18)15(20)9-19-14-3-1-2-10(14)5-7-16(19)21/h4-8H,1-3,9H2. The number of benzene rings is 1. The van der Waals surface area contributed by atoms with Gasteiger partial charge in [-0.25, -0.2) is 0 Å². The van der Waals surface area contributed by atoms with E-state index in [1.165, 1.54) is 6.07 Å². The molecule has 0 radical (unpaired) electrons. The molecule has 5 heteroatoms. The second kappa shape index (κ2) is 5.66. The molecule has 1 aromatic carbocycles. The summed E-state index contributed by atoms with van der Waals surface area (Å²) in [6.45, 7) is 0.0416. The molecule has 1 aromatic heterocycles. The second-order valence-corrected chi connectivity index (χ2v) is 5.95. The number of aryl methyl sites for hydroxylation is 1. The maximum atomic E-state index is 12.4. The van der Waals surface area contributed by atoms with Crippen LogP contribution in [0.2, 0.25) is 10.0 Å². The molecule has 3 nitrogen and oxygen atoms in total. The summed E-state index contributed by atoms with van der Waals surface area (Å²) in [7, 11) is 0. The Labute approximate surface area is 132 Å². The van der Waals surface area contributed by atoms with Gasteiger partial charge >= 0.3 is 0 Å². The Balaban J connectivity index is 1.94. The van der Waals surface area contributed by atoms with Gasteiger partial charge in [0.15, 0.2) is 5.78 Å². The van der Waals surface area contributed by atoms with Gasteiger partial charge in [0.2, 0.25) is 0 Å². The fourth-order valence-corrected chi connectivity index (χ4v) is 3.01. The van der Waals surface area contributed by atoms with Crippen LogP contribution < -0.4 is 5.56 Å². The largest absolute Gasteiger partial charge is 0.305 e. The van der Waals surface area contributed by atoms with Crippen LogP contribution in [0.3, 0.4) is 0 Å². The molecule has 21 heavy (non-hydrogen) atoms. The molecule has 1 aliphatic carbocycles. The molecule has 0 amide bonds. The molecule has 0 aliphatic heterocycles. The SMILES string of the molecule is O=C(Cn1c2c(ccc1=O)CCC2)c1ccc(Cl)c(Cl)c1. The number of fused-ring (bicyclic) bond motifs is 1. The first-order chi connectivity index (χ1) is 10.1. The van der Waals surface area contributed by atoms with Crippen molar-refractivity contribution in [3.05, 3.63) is 67.6 Å². The summed E-state index contributed by atoms with van der Waals surface area (Å²) in [5, 5.41) is 0.749. The van der Waals surface area contributed by atoms with Crippen molar-refractivity contribution in [2.24, 2.45) is 0 Å². The quantitative estimate of drug-likeness (QED) is 0.811. The molecular weight excluding hydrogens is 309 g/mol. The van der Waals surface area contributed by atoms with Crippen LogP contribution in [-0.2, 0) is 19.4 Å². The summed E-state index contributed by atoms with van der Waals surface area (Å²) in [6.07, 6.45) is 2.84. The Hall–Kier alpha value is -1.58. The number of pyridine rings is 1. The number of ketones is 1. The highest BCUT2D eigenvalue weighted by Gasteiger charge is 2.18. The first kappa shape index (κ1) is 14.4. The third-order valence-electron chi connectivity index (χ3n) is 3.79. The Morgan fingerprint density at radius 1 is 1.10 bits per heavy atom. The number of rotatable bonds is 3. The number of carbonyl (C=O) groups is 1. The van der Waals surface area contributed by atoms with Crippen molar-refractivity contribution in [1.29, 1.82) is 0 Å². The summed E-state index contributed by atoms with van der Waals surface area (Å²) in [5.41, 5.74) is 2.48. The van der Waals surface area contributed by atoms with E-state index in [2.05, 4.69) is 0 Å². The van der Waals surface area contributed by atoms with Crippen LogP contribution in [0.1, 0.15) is 28.0 Å². The van der Waals surface area contributed by atoms with Crippen molar-refractivity contribution in [2.45, 2.75) is 25.8 Å². The molecule has 108 valence electrons. The Bertz CT molecular complexity index is 780. The van der Waals surface area contributed by atoms with Crippen molar-refractivity contribution in [2.75, 3.05) is 0 Å². The monoisotopic (exact) mass is 321 g/mol. The van der Waals surface area contributed by atoms with E-state index >= 15 is 0 Å². The van der Waals surface area contributed by atoms with Crippen molar-refractivity contribution in [3.8, 4) is 0 Å². The van der Waals surface area contributed by atoms with Gasteiger partial charge in [-0.15, -0.1) is 0 Å². The van der Waals surface area contributed by atoms with Gasteiger partial charge in [-0.3, -0.25) is 9.59 Å². The van der Waals surface area contributed by atoms with E-state index in [0.29, 0.717) is 15.6 Å². The number of halogens is 2. The lowest BCUT2D eigenvalue weighted by Crippen LogP contribution is -2.26. The molecule has 0 unspecified atom stereocenters. The van der Waals surface area contributed by atoms with E-state index in [1.54, 1.807) is 22.8 Å². The van der Waals surface area contributed by atoms with Crippen LogP contribution in [0.4, 0.5) is 0 Å². The summed E-state index contributed by atoms with van der Waals surface area (Å²) in [6, 6.07) is 8.16. The number of carbonyl (C=O) groups excluding carboxylic acids is 1. The highest BCUT2D eigenvalue weighted by Crippen LogP contribution is 2.24. The lowest BCUT2D eigenvalue weighted by atomic mass is 10.1. The molecule has 3 rings (SSSR count). The van der Waals surface area contributed by atoms with Gasteiger partial charge in [0.25, 0.3) is 5.56 Å². The molecule has 1 heterocycles. The average molecular weight is 322 g/mol. The minimum atomic E-state index is -0.143. The number of hydrogen-bond acceptors (Lipinski definition) is 2. The summed E-state index contributed by atoms with van der Waals surface area (Å²) in [5.74, 6) is -0.143. The van der Waals surface area contributed by atoms with Gasteiger partial charge in [0.05, 0.1) is 16.6 Å². The molecule has 0 saturated heterocycles. The van der Waals surface area contributed by atoms with E-state index in [1.807, 2.05) is 6.07 Å². The average Bonchev–Trinajstić information content (AvgIpc) is 2.93. The van der Waals surface area contributed by atoms with Crippen LogP contribution in [0.15, 0.2) is 35.1 Å². The lowest BCUT2D eigenvalue weighted by Gasteiger charge is -2.11. The fourth-order valence-electron chi connectivity index (χ4n) is 2.71. The normalized spacial score (nSPS) is 13.2. The van der Waals surface area contributed by atoms with E-state index < -0.39 is 0 Å². The number of nitrogens with zero attached hydrogens (tertiary/aromatic N) is 1. The Kier molecular flexibility index (Phi) is 3.87. The van der Waals surface area contributed by atoms with Gasteiger partial charge in [-0.05, 0) is 43.0 Å². The molecule has 0 atom stereocenters. The van der Waals surface area contributed by atoms with E-state index in [-0.39, 0.29) is 17.9 Å². The van der Waals surface area contributed by atoms with E-state index in [4.69, 9.17) is 23.2 Å². The zero-order valence-corrected chi connectivity index (χ0v) is 12.7. The molecule has 0 fully saturated rings. The maximum Gasteiger partial charge on any atom is 0.251 e. The third kappa shape index (κ3) is 2.76. The zero-order chi connectivity index (χ0) is 15.0. The summed E-state index contributed by atoms with van der Waals surface area (Å²) >= 11 is 11.8. The van der Waals surface area contributed by atoms with E-state index in [9.17, 15) is 9.59 Å². The smallest absolute Gasteiger partial charge is 0.251 e. The summed E-state index contributed by atoms with van der Waals surface area (Å²) < 4.78 is 1.58. The second-order valence-electron chi connectivity index (χ2n) is 5.14. The van der Waals surface area contributed by atoms with Gasteiger partial charge in [0, 0.05) is 17.3 Å². The first-order valence-electron chi connectivity index (χ1n) is 6.76. The predicted molar refractivity (Wildman–Crippen MR) is 83.5 cm³/mol. The molecular formula is C16H13Cl2NO2. The molecule has 0 saturated carbocycles. The fraction of sp³-hybridized carbons (Fsp3) is 0.250. The Morgan fingerprint density at radius 2 is 1.90 bits per heavy atom. The van der Waals surface area contributed by atoms with Crippen LogP contribution in [0.5, 0.6) is 0 Å². The van der Waals surface area contributed by atoms with Crippen molar-refractivity contribution in [3.63, 3.8) is 0 Å². The van der Waals surface area contributed by atoms with Crippen LogP contribution >= 0.6 is 23.2 Å². The highest BCUT2D eigenvalue weighted by molar-refractivity contribution is 6.42. The third-order valence-corrected chi connectivity index (χ3v) is 4.53. The minimum absolute atomic E-state index is 0.0416. The molecule has 1 aliphatic rings. The van der Waals surface area contributed by atoms with Crippen molar-refractivity contribution >= 4 is 29.0 Å². The lowest BCUT2D eigenvalue weighted by molar-refractivity contribution is 0.0970. The molecule has 0 spiro atoms. The maximum absolute atomic E-state index is 12.4. The Morgan fingerprint density at radius 3 is 2.67 bits per heavy atom. The van der Waals surface area contributed by atoms with Crippen molar-refractivity contribution < 1.29 is 4.79 Å². The number of Topliss-reactive ketones (excluding diaryl/α,β-unsaturated/α-hetero) is 1. The molecule has 0 N–H and O–H groups in total. The van der Waals surface area contributed by atoms with Gasteiger partial charge < -0.3 is 4.57 Å². The van der Waals surface area contributed by atoms with Gasteiger partial charge in [-0.1, -0.05) is 29.3 Å².